The zero-order valence-electron chi connectivity index (χ0n) is 7.45. The lowest BCUT2D eigenvalue weighted by atomic mass is 10.2. The Morgan fingerprint density at radius 2 is 2.17 bits per heavy atom. The zero-order valence-corrected chi connectivity index (χ0v) is 9.09. The Morgan fingerprint density at radius 1 is 1.58 bits per heavy atom. The van der Waals surface area contributed by atoms with Gasteiger partial charge in [0.05, 0.1) is 11.0 Å². The molecule has 0 aromatic carbocycles. The van der Waals surface area contributed by atoms with Crippen LogP contribution < -0.4 is 5.73 Å². The molecule has 0 aromatic rings. The van der Waals surface area contributed by atoms with Gasteiger partial charge in [-0.2, -0.15) is 11.8 Å². The summed E-state index contributed by atoms with van der Waals surface area (Å²) in [5.74, 6) is 2.44. The Balaban J connectivity index is 2.46. The molecular weight excluding hydrogens is 188 g/mol. The van der Waals surface area contributed by atoms with E-state index >= 15 is 0 Å². The maximum atomic E-state index is 5.66. The fourth-order valence-corrected chi connectivity index (χ4v) is 2.78. The van der Waals surface area contributed by atoms with E-state index in [9.17, 15) is 0 Å². The molecule has 0 amide bonds. The summed E-state index contributed by atoms with van der Waals surface area (Å²) in [4.78, 5) is 3.06. The number of rotatable bonds is 3. The summed E-state index contributed by atoms with van der Waals surface area (Å²) in [5, 5.41) is 0. The number of nitrogens with zero attached hydrogens (tertiary/aromatic N) is 1. The van der Waals surface area contributed by atoms with Crippen LogP contribution in [0.5, 0.6) is 0 Å². The molecule has 1 saturated heterocycles. The zero-order chi connectivity index (χ0) is 8.97. The lowest BCUT2D eigenvalue weighted by Crippen LogP contribution is -2.47. The van der Waals surface area contributed by atoms with Crippen molar-refractivity contribution in [1.82, 2.24) is 4.90 Å². The first-order valence-corrected chi connectivity index (χ1v) is 5.93. The van der Waals surface area contributed by atoms with Crippen molar-refractivity contribution in [1.29, 1.82) is 0 Å². The third kappa shape index (κ3) is 2.61. The van der Waals surface area contributed by atoms with Crippen molar-refractivity contribution in [3.63, 3.8) is 0 Å². The molecule has 0 spiro atoms. The first kappa shape index (κ1) is 10.3. The lowest BCUT2D eigenvalue weighted by molar-refractivity contribution is 0.262. The molecule has 0 aromatic heterocycles. The minimum atomic E-state index is 0.334. The van der Waals surface area contributed by atoms with Crippen molar-refractivity contribution < 1.29 is 0 Å². The molecule has 2 nitrogen and oxygen atoms in total. The van der Waals surface area contributed by atoms with E-state index in [1.54, 1.807) is 0 Å². The smallest absolute Gasteiger partial charge is 0.0901 e. The lowest BCUT2D eigenvalue weighted by Gasteiger charge is -2.32. The number of hydrogen-bond donors (Lipinski definition) is 1. The van der Waals surface area contributed by atoms with E-state index in [0.29, 0.717) is 11.0 Å². The highest BCUT2D eigenvalue weighted by Crippen LogP contribution is 2.13. The molecule has 1 fully saturated rings. The molecule has 1 heterocycles. The highest BCUT2D eigenvalue weighted by Gasteiger charge is 2.20. The Labute approximate surface area is 83.9 Å². The average molecular weight is 204 g/mol. The molecule has 1 unspecified atom stereocenters. The van der Waals surface area contributed by atoms with Crippen LogP contribution in [-0.4, -0.2) is 40.5 Å². The molecule has 70 valence electrons. The topological polar surface area (TPSA) is 29.3 Å². The Hall–Kier alpha value is 0.200. The summed E-state index contributed by atoms with van der Waals surface area (Å²) < 4.78 is 0. The van der Waals surface area contributed by atoms with Gasteiger partial charge in [-0.25, -0.2) is 0 Å². The largest absolute Gasteiger partial charge is 0.392 e. The molecule has 1 aliphatic rings. The minimum absolute atomic E-state index is 0.334. The SMILES string of the molecule is CCC(C(N)=S)N1CCSCC1. The summed E-state index contributed by atoms with van der Waals surface area (Å²) in [7, 11) is 0. The number of hydrogen-bond acceptors (Lipinski definition) is 3. The fraction of sp³-hybridized carbons (Fsp3) is 0.875. The first-order chi connectivity index (χ1) is 5.75. The van der Waals surface area contributed by atoms with Crippen molar-refractivity contribution in [2.24, 2.45) is 5.73 Å². The van der Waals surface area contributed by atoms with E-state index in [0.717, 1.165) is 19.5 Å². The van der Waals surface area contributed by atoms with Gasteiger partial charge in [0.1, 0.15) is 0 Å². The monoisotopic (exact) mass is 204 g/mol. The van der Waals surface area contributed by atoms with Crippen molar-refractivity contribution >= 4 is 29.0 Å². The van der Waals surface area contributed by atoms with Crippen molar-refractivity contribution in [3.05, 3.63) is 0 Å². The Kier molecular flexibility index (Phi) is 4.32. The average Bonchev–Trinajstić information content (AvgIpc) is 2.07. The summed E-state index contributed by atoms with van der Waals surface area (Å²) >= 11 is 7.04. The van der Waals surface area contributed by atoms with Gasteiger partial charge < -0.3 is 5.73 Å². The van der Waals surface area contributed by atoms with E-state index in [4.69, 9.17) is 18.0 Å². The first-order valence-electron chi connectivity index (χ1n) is 4.36. The fourth-order valence-electron chi connectivity index (χ4n) is 1.53. The van der Waals surface area contributed by atoms with E-state index in [-0.39, 0.29) is 0 Å². The summed E-state index contributed by atoms with van der Waals surface area (Å²) in [6.45, 7) is 4.42. The summed E-state index contributed by atoms with van der Waals surface area (Å²) in [6, 6.07) is 0.334. The molecule has 0 radical (unpaired) electrons. The molecule has 4 heteroatoms. The van der Waals surface area contributed by atoms with Gasteiger partial charge in [0.25, 0.3) is 0 Å². The van der Waals surface area contributed by atoms with Crippen LogP contribution in [0.4, 0.5) is 0 Å². The van der Waals surface area contributed by atoms with Crippen LogP contribution in [0, 0.1) is 0 Å². The predicted octanol–water partition coefficient (Wildman–Crippen LogP) is 1.10. The summed E-state index contributed by atoms with van der Waals surface area (Å²) in [5.41, 5.74) is 5.66. The molecule has 0 saturated carbocycles. The van der Waals surface area contributed by atoms with Crippen LogP contribution in [0.25, 0.3) is 0 Å². The number of thiocarbonyl (C=S) groups is 1. The predicted molar refractivity (Wildman–Crippen MR) is 59.8 cm³/mol. The molecule has 0 aliphatic carbocycles. The summed E-state index contributed by atoms with van der Waals surface area (Å²) in [6.07, 6.45) is 1.04. The molecule has 0 bridgehead atoms. The van der Waals surface area contributed by atoms with E-state index < -0.39 is 0 Å². The Morgan fingerprint density at radius 3 is 2.58 bits per heavy atom. The standard InChI is InChI=1S/C8H16N2S2/c1-2-7(8(9)11)10-3-5-12-6-4-10/h7H,2-6H2,1H3,(H2,9,11). The molecular formula is C8H16N2S2. The maximum absolute atomic E-state index is 5.66. The van der Waals surface area contributed by atoms with Crippen LogP contribution >= 0.6 is 24.0 Å². The Bertz CT molecular complexity index is 155. The second kappa shape index (κ2) is 5.04. The van der Waals surface area contributed by atoms with Crippen molar-refractivity contribution in [2.75, 3.05) is 24.6 Å². The minimum Gasteiger partial charge on any atom is -0.392 e. The van der Waals surface area contributed by atoms with Crippen LogP contribution in [0.1, 0.15) is 13.3 Å². The number of thioether (sulfide) groups is 1. The van der Waals surface area contributed by atoms with Gasteiger partial charge in [-0.15, -0.1) is 0 Å². The van der Waals surface area contributed by atoms with E-state index in [1.807, 2.05) is 11.8 Å². The molecule has 2 N–H and O–H groups in total. The maximum Gasteiger partial charge on any atom is 0.0901 e. The van der Waals surface area contributed by atoms with E-state index in [1.165, 1.54) is 11.5 Å². The number of nitrogens with two attached hydrogens (primary N) is 1. The third-order valence-electron chi connectivity index (χ3n) is 2.20. The van der Waals surface area contributed by atoms with Crippen molar-refractivity contribution in [3.8, 4) is 0 Å². The highest BCUT2D eigenvalue weighted by molar-refractivity contribution is 7.99. The molecule has 12 heavy (non-hydrogen) atoms. The quantitative estimate of drug-likeness (QED) is 0.697. The van der Waals surface area contributed by atoms with Gasteiger partial charge in [0.15, 0.2) is 0 Å². The molecule has 1 atom stereocenters. The van der Waals surface area contributed by atoms with Crippen LogP contribution in [0.15, 0.2) is 0 Å². The van der Waals surface area contributed by atoms with Gasteiger partial charge >= 0.3 is 0 Å². The van der Waals surface area contributed by atoms with Crippen LogP contribution in [-0.2, 0) is 0 Å². The van der Waals surface area contributed by atoms with Crippen molar-refractivity contribution in [2.45, 2.75) is 19.4 Å². The van der Waals surface area contributed by atoms with Gasteiger partial charge in [0, 0.05) is 24.6 Å². The normalized spacial score (nSPS) is 22.1. The molecule has 1 aliphatic heterocycles. The molecule has 1 rings (SSSR count). The van der Waals surface area contributed by atoms with E-state index in [2.05, 4.69) is 11.8 Å². The van der Waals surface area contributed by atoms with Gasteiger partial charge in [0.2, 0.25) is 0 Å². The van der Waals surface area contributed by atoms with Crippen LogP contribution in [0.3, 0.4) is 0 Å². The van der Waals surface area contributed by atoms with Gasteiger partial charge in [-0.05, 0) is 6.42 Å². The van der Waals surface area contributed by atoms with Gasteiger partial charge in [-0.3, -0.25) is 4.90 Å². The van der Waals surface area contributed by atoms with Crippen LogP contribution in [0.2, 0.25) is 0 Å². The van der Waals surface area contributed by atoms with Gasteiger partial charge in [-0.1, -0.05) is 19.1 Å². The highest BCUT2D eigenvalue weighted by atomic mass is 32.2. The second-order valence-electron chi connectivity index (χ2n) is 2.97. The third-order valence-corrected chi connectivity index (χ3v) is 3.42. The second-order valence-corrected chi connectivity index (χ2v) is 4.67.